The summed E-state index contributed by atoms with van der Waals surface area (Å²) < 4.78 is 10.00. The highest BCUT2D eigenvalue weighted by molar-refractivity contribution is 6.49. The lowest BCUT2D eigenvalue weighted by atomic mass is 9.89. The topological polar surface area (TPSA) is 86.7 Å². The van der Waals surface area contributed by atoms with Crippen molar-refractivity contribution in [3.8, 4) is 5.75 Å². The van der Waals surface area contributed by atoms with E-state index in [9.17, 15) is 19.2 Å². The molecule has 0 aliphatic heterocycles. The van der Waals surface area contributed by atoms with Gasteiger partial charge in [0.2, 0.25) is 5.78 Å². The summed E-state index contributed by atoms with van der Waals surface area (Å²) in [5, 5.41) is -0.279. The van der Waals surface area contributed by atoms with E-state index in [1.165, 1.54) is 13.0 Å². The molecule has 1 aromatic rings. The molecular formula is C16H13ClO6. The maximum Gasteiger partial charge on any atom is 0.338 e. The van der Waals surface area contributed by atoms with Crippen LogP contribution in [-0.2, 0) is 9.53 Å². The monoisotopic (exact) mass is 336 g/mol. The van der Waals surface area contributed by atoms with Gasteiger partial charge in [-0.15, -0.1) is 0 Å². The molecule has 0 saturated carbocycles. The van der Waals surface area contributed by atoms with Crippen LogP contribution in [0.2, 0.25) is 0 Å². The Balaban J connectivity index is 2.78. The average molecular weight is 337 g/mol. The molecule has 0 unspecified atom stereocenters. The van der Waals surface area contributed by atoms with Gasteiger partial charge in [0, 0.05) is 24.1 Å². The Bertz CT molecular complexity index is 775. The molecule has 0 spiro atoms. The Morgan fingerprint density at radius 1 is 1.26 bits per heavy atom. The van der Waals surface area contributed by atoms with Crippen LogP contribution in [0.5, 0.6) is 5.75 Å². The van der Waals surface area contributed by atoms with E-state index < -0.39 is 23.5 Å². The number of benzene rings is 1. The van der Waals surface area contributed by atoms with Gasteiger partial charge in [-0.05, 0) is 19.9 Å². The minimum Gasteiger partial charge on any atom is -0.462 e. The lowest BCUT2D eigenvalue weighted by Gasteiger charge is -2.19. The Morgan fingerprint density at radius 3 is 2.48 bits per heavy atom. The fourth-order valence-corrected chi connectivity index (χ4v) is 2.44. The van der Waals surface area contributed by atoms with Gasteiger partial charge in [-0.2, -0.15) is 0 Å². The molecule has 1 aliphatic carbocycles. The van der Waals surface area contributed by atoms with Crippen LogP contribution in [0.3, 0.4) is 0 Å². The maximum atomic E-state index is 12.3. The molecule has 0 saturated heterocycles. The zero-order valence-corrected chi connectivity index (χ0v) is 13.4. The standard InChI is InChI=1S/C16H13ClO6/c1-4-22-16(21)9-5-10-12(19)6-11(17)14(20)13(10)15(7(9)2)23-8(3)18/h5-6H,4H2,1-3H3. The third-order valence-electron chi connectivity index (χ3n) is 3.24. The van der Waals surface area contributed by atoms with Crippen molar-refractivity contribution in [2.24, 2.45) is 0 Å². The second-order valence-electron chi connectivity index (χ2n) is 4.80. The number of allylic oxidation sites excluding steroid dienone is 2. The van der Waals surface area contributed by atoms with Crippen LogP contribution in [0.1, 0.15) is 50.5 Å². The second-order valence-corrected chi connectivity index (χ2v) is 5.21. The lowest BCUT2D eigenvalue weighted by Crippen LogP contribution is -2.21. The number of ether oxygens (including phenoxy) is 2. The minimum atomic E-state index is -0.692. The number of carbonyl (C=O) groups is 4. The summed E-state index contributed by atoms with van der Waals surface area (Å²) in [6, 6.07) is 1.26. The highest BCUT2D eigenvalue weighted by Gasteiger charge is 2.32. The molecule has 0 amide bonds. The number of hydrogen-bond donors (Lipinski definition) is 0. The van der Waals surface area contributed by atoms with Crippen molar-refractivity contribution in [1.82, 2.24) is 0 Å². The lowest BCUT2D eigenvalue weighted by molar-refractivity contribution is -0.131. The maximum absolute atomic E-state index is 12.3. The normalized spacial score (nSPS) is 13.3. The third-order valence-corrected chi connectivity index (χ3v) is 3.52. The van der Waals surface area contributed by atoms with Gasteiger partial charge in [0.25, 0.3) is 0 Å². The number of ketones is 2. The SMILES string of the molecule is CCOC(=O)c1cc2c(c(OC(C)=O)c1C)C(=O)C(Cl)=CC2=O. The second kappa shape index (κ2) is 6.34. The Morgan fingerprint density at radius 2 is 1.91 bits per heavy atom. The molecule has 0 N–H and O–H groups in total. The number of esters is 2. The molecular weight excluding hydrogens is 324 g/mol. The number of carbonyl (C=O) groups excluding carboxylic acids is 4. The highest BCUT2D eigenvalue weighted by Crippen LogP contribution is 2.36. The van der Waals surface area contributed by atoms with E-state index in [0.717, 1.165) is 13.0 Å². The first-order valence-corrected chi connectivity index (χ1v) is 7.15. The summed E-state index contributed by atoms with van der Waals surface area (Å²) in [7, 11) is 0. The first kappa shape index (κ1) is 16.9. The third kappa shape index (κ3) is 3.03. The van der Waals surface area contributed by atoms with Gasteiger partial charge in [-0.1, -0.05) is 11.6 Å². The molecule has 6 nitrogen and oxygen atoms in total. The summed E-state index contributed by atoms with van der Waals surface area (Å²) >= 11 is 5.76. The van der Waals surface area contributed by atoms with E-state index in [-0.39, 0.29) is 39.6 Å². The van der Waals surface area contributed by atoms with Crippen LogP contribution < -0.4 is 4.74 Å². The molecule has 1 aromatic carbocycles. The molecule has 0 aromatic heterocycles. The van der Waals surface area contributed by atoms with E-state index in [2.05, 4.69) is 0 Å². The molecule has 0 bridgehead atoms. The summed E-state index contributed by atoms with van der Waals surface area (Å²) in [6.45, 7) is 4.41. The Hall–Kier alpha value is -2.47. The van der Waals surface area contributed by atoms with Gasteiger partial charge in [0.1, 0.15) is 5.75 Å². The summed E-state index contributed by atoms with van der Waals surface area (Å²) in [4.78, 5) is 47.8. The quantitative estimate of drug-likeness (QED) is 0.623. The van der Waals surface area contributed by atoms with Gasteiger partial charge >= 0.3 is 11.9 Å². The van der Waals surface area contributed by atoms with E-state index in [1.807, 2.05) is 0 Å². The molecule has 0 atom stereocenters. The van der Waals surface area contributed by atoms with E-state index in [4.69, 9.17) is 21.1 Å². The smallest absolute Gasteiger partial charge is 0.338 e. The average Bonchev–Trinajstić information content (AvgIpc) is 2.46. The number of fused-ring (bicyclic) bond motifs is 1. The number of hydrogen-bond acceptors (Lipinski definition) is 6. The first-order chi connectivity index (χ1) is 10.8. The van der Waals surface area contributed by atoms with Gasteiger partial charge in [0.15, 0.2) is 5.78 Å². The zero-order valence-electron chi connectivity index (χ0n) is 12.7. The molecule has 0 heterocycles. The highest BCUT2D eigenvalue weighted by atomic mass is 35.5. The van der Waals surface area contributed by atoms with Crippen molar-refractivity contribution in [3.05, 3.63) is 39.4 Å². The number of Topliss-reactive ketones (excluding diaryl/α,β-unsaturated/α-hetero) is 1. The van der Waals surface area contributed by atoms with Crippen LogP contribution >= 0.6 is 11.6 Å². The predicted octanol–water partition coefficient (Wildman–Crippen LogP) is 2.60. The van der Waals surface area contributed by atoms with Gasteiger partial charge in [0.05, 0.1) is 22.8 Å². The summed E-state index contributed by atoms with van der Waals surface area (Å²) in [6.07, 6.45) is 0.966. The molecule has 23 heavy (non-hydrogen) atoms. The number of rotatable bonds is 3. The van der Waals surface area contributed by atoms with Crippen LogP contribution in [0.25, 0.3) is 0 Å². The predicted molar refractivity (Wildman–Crippen MR) is 81.0 cm³/mol. The first-order valence-electron chi connectivity index (χ1n) is 6.77. The van der Waals surface area contributed by atoms with E-state index in [1.54, 1.807) is 6.92 Å². The largest absolute Gasteiger partial charge is 0.462 e. The molecule has 0 radical (unpaired) electrons. The van der Waals surface area contributed by atoms with Crippen LogP contribution in [0.15, 0.2) is 17.2 Å². The van der Waals surface area contributed by atoms with Gasteiger partial charge in [-0.3, -0.25) is 14.4 Å². The Labute approximate surface area is 137 Å². The Kier molecular flexibility index (Phi) is 4.65. The number of halogens is 1. The summed E-state index contributed by atoms with van der Waals surface area (Å²) in [5.74, 6) is -2.72. The van der Waals surface area contributed by atoms with Crippen molar-refractivity contribution in [1.29, 1.82) is 0 Å². The van der Waals surface area contributed by atoms with Crippen LogP contribution in [0, 0.1) is 6.92 Å². The molecule has 7 heteroatoms. The van der Waals surface area contributed by atoms with Crippen molar-refractivity contribution < 1.29 is 28.7 Å². The van der Waals surface area contributed by atoms with Crippen molar-refractivity contribution in [2.75, 3.05) is 6.61 Å². The molecule has 120 valence electrons. The van der Waals surface area contributed by atoms with Crippen molar-refractivity contribution >= 4 is 35.1 Å². The van der Waals surface area contributed by atoms with Gasteiger partial charge < -0.3 is 9.47 Å². The fraction of sp³-hybridized carbons (Fsp3) is 0.250. The van der Waals surface area contributed by atoms with E-state index in [0.29, 0.717) is 0 Å². The molecule has 2 rings (SSSR count). The van der Waals surface area contributed by atoms with Gasteiger partial charge in [-0.25, -0.2) is 4.79 Å². The van der Waals surface area contributed by atoms with Crippen molar-refractivity contribution in [2.45, 2.75) is 20.8 Å². The van der Waals surface area contributed by atoms with Crippen LogP contribution in [-0.4, -0.2) is 30.1 Å². The van der Waals surface area contributed by atoms with Crippen molar-refractivity contribution in [3.63, 3.8) is 0 Å². The fourth-order valence-electron chi connectivity index (χ4n) is 2.25. The molecule has 1 aliphatic rings. The zero-order chi connectivity index (χ0) is 17.3. The molecule has 0 fully saturated rings. The van der Waals surface area contributed by atoms with E-state index >= 15 is 0 Å². The minimum absolute atomic E-state index is 0.0504. The van der Waals surface area contributed by atoms with Crippen LogP contribution in [0.4, 0.5) is 0 Å². The summed E-state index contributed by atoms with van der Waals surface area (Å²) in [5.41, 5.74) is 0.104.